The van der Waals surface area contributed by atoms with Gasteiger partial charge in [0.05, 0.1) is 0 Å². The van der Waals surface area contributed by atoms with Crippen molar-refractivity contribution in [2.24, 2.45) is 0 Å². The topological polar surface area (TPSA) is 87.7 Å². The SMILES string of the molecule is O=C(c1ncccc1C1CC1)N(c1ccccn1)c1nnc[nH]1. The fourth-order valence-corrected chi connectivity index (χ4v) is 2.53. The van der Waals surface area contributed by atoms with Gasteiger partial charge in [0.2, 0.25) is 5.95 Å². The third-order valence-electron chi connectivity index (χ3n) is 3.76. The molecule has 3 heterocycles. The summed E-state index contributed by atoms with van der Waals surface area (Å²) < 4.78 is 0. The van der Waals surface area contributed by atoms with E-state index in [0.717, 1.165) is 18.4 Å². The minimum atomic E-state index is -0.261. The Morgan fingerprint density at radius 1 is 1.13 bits per heavy atom. The van der Waals surface area contributed by atoms with Crippen molar-refractivity contribution in [3.8, 4) is 0 Å². The van der Waals surface area contributed by atoms with Crippen LogP contribution in [0.3, 0.4) is 0 Å². The Balaban J connectivity index is 1.80. The summed E-state index contributed by atoms with van der Waals surface area (Å²) in [6.45, 7) is 0. The van der Waals surface area contributed by atoms with Gasteiger partial charge in [-0.2, -0.15) is 0 Å². The molecule has 1 aliphatic carbocycles. The van der Waals surface area contributed by atoms with Crippen molar-refractivity contribution < 1.29 is 4.79 Å². The highest BCUT2D eigenvalue weighted by Crippen LogP contribution is 2.41. The van der Waals surface area contributed by atoms with Crippen LogP contribution in [0, 0.1) is 0 Å². The second-order valence-electron chi connectivity index (χ2n) is 5.36. The normalized spacial score (nSPS) is 13.7. The maximum Gasteiger partial charge on any atom is 0.285 e. The van der Waals surface area contributed by atoms with Gasteiger partial charge >= 0.3 is 0 Å². The third-order valence-corrected chi connectivity index (χ3v) is 3.76. The first-order chi connectivity index (χ1) is 11.3. The first kappa shape index (κ1) is 13.6. The molecule has 23 heavy (non-hydrogen) atoms. The Kier molecular flexibility index (Phi) is 3.30. The van der Waals surface area contributed by atoms with Crippen LogP contribution in [0.25, 0.3) is 0 Å². The number of H-pyrrole nitrogens is 1. The van der Waals surface area contributed by atoms with E-state index in [4.69, 9.17) is 0 Å². The molecule has 0 aromatic carbocycles. The summed E-state index contributed by atoms with van der Waals surface area (Å²) in [6.07, 6.45) is 6.89. The number of hydrogen-bond acceptors (Lipinski definition) is 5. The average Bonchev–Trinajstić information content (AvgIpc) is 3.32. The lowest BCUT2D eigenvalue weighted by atomic mass is 10.1. The largest absolute Gasteiger partial charge is 0.313 e. The lowest BCUT2D eigenvalue weighted by molar-refractivity contribution is 0.0991. The van der Waals surface area contributed by atoms with Crippen molar-refractivity contribution in [1.82, 2.24) is 25.1 Å². The van der Waals surface area contributed by atoms with Crippen LogP contribution in [0.5, 0.6) is 0 Å². The fourth-order valence-electron chi connectivity index (χ4n) is 2.53. The van der Waals surface area contributed by atoms with E-state index in [1.807, 2.05) is 18.2 Å². The van der Waals surface area contributed by atoms with Crippen molar-refractivity contribution in [2.75, 3.05) is 4.90 Å². The van der Waals surface area contributed by atoms with Gasteiger partial charge in [0.1, 0.15) is 17.8 Å². The van der Waals surface area contributed by atoms with E-state index in [-0.39, 0.29) is 5.91 Å². The Morgan fingerprint density at radius 3 is 2.70 bits per heavy atom. The minimum Gasteiger partial charge on any atom is -0.313 e. The minimum absolute atomic E-state index is 0.261. The molecule has 4 rings (SSSR count). The van der Waals surface area contributed by atoms with Crippen LogP contribution >= 0.6 is 0 Å². The van der Waals surface area contributed by atoms with Crippen molar-refractivity contribution in [3.63, 3.8) is 0 Å². The number of rotatable bonds is 4. The van der Waals surface area contributed by atoms with E-state index < -0.39 is 0 Å². The molecule has 1 N–H and O–H groups in total. The van der Waals surface area contributed by atoms with Gasteiger partial charge in [0, 0.05) is 12.4 Å². The highest BCUT2D eigenvalue weighted by atomic mass is 16.2. The van der Waals surface area contributed by atoms with Crippen molar-refractivity contribution in [2.45, 2.75) is 18.8 Å². The number of nitrogens with zero attached hydrogens (tertiary/aromatic N) is 5. The second kappa shape index (κ2) is 5.60. The Morgan fingerprint density at radius 2 is 2.00 bits per heavy atom. The van der Waals surface area contributed by atoms with Crippen LogP contribution in [-0.2, 0) is 0 Å². The van der Waals surface area contributed by atoms with Gasteiger partial charge in [0.25, 0.3) is 5.91 Å². The molecule has 3 aromatic rings. The van der Waals surface area contributed by atoms with Gasteiger partial charge in [-0.05, 0) is 42.5 Å². The number of nitrogens with one attached hydrogen (secondary N) is 1. The molecule has 0 spiro atoms. The maximum atomic E-state index is 13.1. The molecule has 0 saturated heterocycles. The van der Waals surface area contributed by atoms with Crippen molar-refractivity contribution in [3.05, 3.63) is 60.3 Å². The molecule has 7 nitrogen and oxygen atoms in total. The molecule has 3 aromatic heterocycles. The summed E-state index contributed by atoms with van der Waals surface area (Å²) in [5.74, 6) is 0.952. The molecule has 0 radical (unpaired) electrons. The average molecular weight is 306 g/mol. The molecule has 1 saturated carbocycles. The molecule has 0 atom stereocenters. The Bertz CT molecular complexity index is 814. The maximum absolute atomic E-state index is 13.1. The second-order valence-corrected chi connectivity index (χ2v) is 5.36. The summed E-state index contributed by atoms with van der Waals surface area (Å²) >= 11 is 0. The van der Waals surface area contributed by atoms with Gasteiger partial charge in [-0.1, -0.05) is 12.1 Å². The highest BCUT2D eigenvalue weighted by Gasteiger charge is 2.32. The first-order valence-electron chi connectivity index (χ1n) is 7.41. The number of carbonyl (C=O) groups excluding carboxylic acids is 1. The predicted octanol–water partition coefficient (Wildman–Crippen LogP) is 2.45. The summed E-state index contributed by atoms with van der Waals surface area (Å²) in [5, 5.41) is 7.73. The van der Waals surface area contributed by atoms with E-state index in [1.54, 1.807) is 24.5 Å². The van der Waals surface area contributed by atoms with Gasteiger partial charge in [0.15, 0.2) is 0 Å². The van der Waals surface area contributed by atoms with Gasteiger partial charge < -0.3 is 4.98 Å². The molecule has 7 heteroatoms. The summed E-state index contributed by atoms with van der Waals surface area (Å²) in [7, 11) is 0. The zero-order chi connectivity index (χ0) is 15.6. The van der Waals surface area contributed by atoms with Gasteiger partial charge in [-0.25, -0.2) is 9.88 Å². The molecule has 0 bridgehead atoms. The van der Waals surface area contributed by atoms with Crippen LogP contribution in [0.4, 0.5) is 11.8 Å². The smallest absolute Gasteiger partial charge is 0.285 e. The number of hydrogen-bond donors (Lipinski definition) is 1. The number of carbonyl (C=O) groups is 1. The molecule has 1 aliphatic rings. The number of pyridine rings is 2. The van der Waals surface area contributed by atoms with Crippen LogP contribution < -0.4 is 4.90 Å². The lowest BCUT2D eigenvalue weighted by Gasteiger charge is -2.19. The fraction of sp³-hybridized carbons (Fsp3) is 0.188. The van der Waals surface area contributed by atoms with Gasteiger partial charge in [-0.3, -0.25) is 9.78 Å². The first-order valence-corrected chi connectivity index (χ1v) is 7.41. The lowest BCUT2D eigenvalue weighted by Crippen LogP contribution is -2.29. The molecule has 114 valence electrons. The zero-order valence-corrected chi connectivity index (χ0v) is 12.3. The van der Waals surface area contributed by atoms with E-state index in [0.29, 0.717) is 23.4 Å². The van der Waals surface area contributed by atoms with Crippen LogP contribution in [-0.4, -0.2) is 31.1 Å². The number of aromatic nitrogens is 5. The number of aromatic amines is 1. The monoisotopic (exact) mass is 306 g/mol. The van der Waals surface area contributed by atoms with E-state index in [1.165, 1.54) is 11.2 Å². The standard InChI is InChI=1S/C16H14N6O/c23-15(14-12(11-6-7-11)4-3-9-18-14)22(16-19-10-20-21-16)13-5-1-2-8-17-13/h1-5,8-11H,6-7H2,(H,19,20,21). The highest BCUT2D eigenvalue weighted by molar-refractivity contribution is 6.09. The summed E-state index contributed by atoms with van der Waals surface area (Å²) in [4.78, 5) is 26.0. The van der Waals surface area contributed by atoms with Crippen LogP contribution in [0.2, 0.25) is 0 Å². The number of anilines is 2. The van der Waals surface area contributed by atoms with Crippen LogP contribution in [0.1, 0.15) is 34.8 Å². The number of amides is 1. The Labute approximate surface area is 132 Å². The van der Waals surface area contributed by atoms with E-state index in [2.05, 4.69) is 25.1 Å². The van der Waals surface area contributed by atoms with Crippen molar-refractivity contribution in [1.29, 1.82) is 0 Å². The quantitative estimate of drug-likeness (QED) is 0.800. The molecule has 0 aliphatic heterocycles. The van der Waals surface area contributed by atoms with Crippen LogP contribution in [0.15, 0.2) is 49.1 Å². The third kappa shape index (κ3) is 2.57. The van der Waals surface area contributed by atoms with Gasteiger partial charge in [-0.15, -0.1) is 10.2 Å². The van der Waals surface area contributed by atoms with E-state index >= 15 is 0 Å². The summed E-state index contributed by atoms with van der Waals surface area (Å²) in [5.41, 5.74) is 1.43. The summed E-state index contributed by atoms with van der Waals surface area (Å²) in [6, 6.07) is 9.20. The molecular formula is C16H14N6O. The molecule has 0 unspecified atom stereocenters. The molecule has 1 amide bonds. The Hall–Kier alpha value is -3.09. The molecule has 1 fully saturated rings. The van der Waals surface area contributed by atoms with E-state index in [9.17, 15) is 4.79 Å². The predicted molar refractivity (Wildman–Crippen MR) is 83.3 cm³/mol. The van der Waals surface area contributed by atoms with Crippen molar-refractivity contribution >= 4 is 17.7 Å². The molecular weight excluding hydrogens is 292 g/mol. The zero-order valence-electron chi connectivity index (χ0n) is 12.3.